The Bertz CT molecular complexity index is 650. The molecule has 1 atom stereocenters. The molecule has 1 aromatic heterocycles. The lowest BCUT2D eigenvalue weighted by atomic mass is 10.1. The molecule has 2 rings (SSSR count). The van der Waals surface area contributed by atoms with Crippen LogP contribution in [0.4, 0.5) is 0 Å². The highest BCUT2D eigenvalue weighted by Gasteiger charge is 2.37. The fourth-order valence-electron chi connectivity index (χ4n) is 2.43. The summed E-state index contributed by atoms with van der Waals surface area (Å²) in [6, 6.07) is -0.820. The predicted octanol–water partition coefficient (Wildman–Crippen LogP) is 2.44. The second-order valence-corrected chi connectivity index (χ2v) is 8.58. The van der Waals surface area contributed by atoms with Gasteiger partial charge in [-0.3, -0.25) is 14.4 Å². The van der Waals surface area contributed by atoms with Gasteiger partial charge in [0.05, 0.1) is 9.35 Å². The molecule has 0 saturated heterocycles. The van der Waals surface area contributed by atoms with E-state index in [4.69, 9.17) is 10.5 Å². The minimum absolute atomic E-state index is 0.0304. The topological polar surface area (TPSA) is 89.7 Å². The number of nitrogens with zero attached hydrogens (tertiary/aromatic N) is 1. The van der Waals surface area contributed by atoms with Crippen LogP contribution in [0.25, 0.3) is 0 Å². The Morgan fingerprint density at radius 3 is 2.65 bits per heavy atom. The number of halogens is 1. The van der Waals surface area contributed by atoms with Gasteiger partial charge in [0.2, 0.25) is 5.91 Å². The van der Waals surface area contributed by atoms with E-state index in [1.165, 1.54) is 16.2 Å². The minimum atomic E-state index is -0.820. The Labute approximate surface area is 147 Å². The van der Waals surface area contributed by atoms with Crippen LogP contribution >= 0.6 is 27.3 Å². The molecule has 0 bridgehead atoms. The number of nitrogens with two attached hydrogens (primary N) is 1. The molecule has 6 nitrogen and oxygen atoms in total. The van der Waals surface area contributed by atoms with Crippen LogP contribution in [-0.4, -0.2) is 34.3 Å². The molecular weight excluding hydrogens is 384 g/mol. The molecule has 8 heteroatoms. The number of carbonyl (C=O) groups is 3. The maximum atomic E-state index is 12.4. The number of rotatable bonds is 5. The normalized spacial score (nSPS) is 15.5. The largest absolute Gasteiger partial charge is 0.460 e. The Morgan fingerprint density at radius 1 is 1.48 bits per heavy atom. The molecule has 0 fully saturated rings. The van der Waals surface area contributed by atoms with E-state index in [1.54, 1.807) is 26.2 Å². The van der Waals surface area contributed by atoms with Crippen molar-refractivity contribution in [2.75, 3.05) is 0 Å². The highest BCUT2D eigenvalue weighted by atomic mass is 79.9. The molecule has 1 aliphatic rings. The summed E-state index contributed by atoms with van der Waals surface area (Å²) in [7, 11) is 0. The predicted molar refractivity (Wildman–Crippen MR) is 90.0 cm³/mol. The first-order valence-corrected chi connectivity index (χ1v) is 8.85. The molecule has 0 aliphatic carbocycles. The minimum Gasteiger partial charge on any atom is -0.460 e. The number of carbonyl (C=O) groups excluding carboxylic acids is 3. The van der Waals surface area contributed by atoms with Gasteiger partial charge in [-0.05, 0) is 43.1 Å². The second kappa shape index (κ2) is 6.60. The van der Waals surface area contributed by atoms with E-state index >= 15 is 0 Å². The summed E-state index contributed by atoms with van der Waals surface area (Å²) in [5.41, 5.74) is 6.31. The number of fused-ring (bicyclic) bond motifs is 1. The maximum absolute atomic E-state index is 12.4. The van der Waals surface area contributed by atoms with Gasteiger partial charge >= 0.3 is 5.97 Å². The van der Waals surface area contributed by atoms with Crippen molar-refractivity contribution < 1.29 is 19.1 Å². The summed E-state index contributed by atoms with van der Waals surface area (Å²) in [4.78, 5) is 37.4. The summed E-state index contributed by atoms with van der Waals surface area (Å²) in [6.07, 6.45) is 0.185. The Hall–Kier alpha value is -1.41. The van der Waals surface area contributed by atoms with Crippen molar-refractivity contribution in [2.45, 2.75) is 51.8 Å². The molecule has 126 valence electrons. The van der Waals surface area contributed by atoms with E-state index in [0.29, 0.717) is 12.1 Å². The van der Waals surface area contributed by atoms with Gasteiger partial charge < -0.3 is 15.4 Å². The Morgan fingerprint density at radius 2 is 2.13 bits per heavy atom. The highest BCUT2D eigenvalue weighted by molar-refractivity contribution is 9.11. The van der Waals surface area contributed by atoms with Gasteiger partial charge in [-0.25, -0.2) is 0 Å². The third-order valence-corrected chi connectivity index (χ3v) is 5.26. The van der Waals surface area contributed by atoms with Crippen LogP contribution in [0, 0.1) is 0 Å². The lowest BCUT2D eigenvalue weighted by molar-refractivity contribution is -0.155. The number of amides is 2. The van der Waals surface area contributed by atoms with Crippen molar-refractivity contribution in [3.63, 3.8) is 0 Å². The Balaban J connectivity index is 2.05. The first-order valence-electron chi connectivity index (χ1n) is 7.18. The van der Waals surface area contributed by atoms with Crippen molar-refractivity contribution in [1.82, 2.24) is 4.90 Å². The monoisotopic (exact) mass is 402 g/mol. The number of ether oxygens (including phenoxy) is 1. The highest BCUT2D eigenvalue weighted by Crippen LogP contribution is 2.36. The van der Waals surface area contributed by atoms with Crippen LogP contribution in [0.1, 0.15) is 49.5 Å². The van der Waals surface area contributed by atoms with Crippen molar-refractivity contribution in [2.24, 2.45) is 5.73 Å². The van der Waals surface area contributed by atoms with E-state index in [2.05, 4.69) is 15.9 Å². The lowest BCUT2D eigenvalue weighted by Crippen LogP contribution is -2.45. The molecule has 1 unspecified atom stereocenters. The first-order chi connectivity index (χ1) is 10.6. The SMILES string of the molecule is CC(C)(C)OC(=O)CCC(C(N)=O)N1Cc2c(csc2Br)C1=O. The molecule has 0 radical (unpaired) electrons. The zero-order valence-corrected chi connectivity index (χ0v) is 15.6. The van der Waals surface area contributed by atoms with E-state index in [9.17, 15) is 14.4 Å². The average Bonchev–Trinajstić information content (AvgIpc) is 2.90. The van der Waals surface area contributed by atoms with Gasteiger partial charge in [0.25, 0.3) is 5.91 Å². The standard InChI is InChI=1S/C15H19BrN2O4S/c1-15(2,3)22-11(19)5-4-10(13(17)20)18-6-8-9(14(18)21)7-23-12(8)16/h7,10H,4-6H2,1-3H3,(H2,17,20). The number of primary amides is 1. The third-order valence-electron chi connectivity index (χ3n) is 3.41. The number of hydrogen-bond donors (Lipinski definition) is 1. The molecule has 1 aliphatic heterocycles. The molecule has 2 amide bonds. The van der Waals surface area contributed by atoms with Gasteiger partial charge in [0.15, 0.2) is 0 Å². The number of thiophene rings is 1. The van der Waals surface area contributed by atoms with E-state index < -0.39 is 23.5 Å². The second-order valence-electron chi connectivity index (χ2n) is 6.38. The van der Waals surface area contributed by atoms with Crippen LogP contribution in [0.2, 0.25) is 0 Å². The van der Waals surface area contributed by atoms with E-state index in [-0.39, 0.29) is 18.7 Å². The summed E-state index contributed by atoms with van der Waals surface area (Å²) in [5, 5.41) is 1.76. The van der Waals surface area contributed by atoms with E-state index in [0.717, 1.165) is 9.35 Å². The molecule has 0 aromatic carbocycles. The van der Waals surface area contributed by atoms with Crippen LogP contribution in [0.3, 0.4) is 0 Å². The van der Waals surface area contributed by atoms with Crippen LogP contribution in [-0.2, 0) is 20.9 Å². The summed E-state index contributed by atoms with van der Waals surface area (Å²) < 4.78 is 6.10. The van der Waals surface area contributed by atoms with Crippen LogP contribution in [0.5, 0.6) is 0 Å². The molecule has 2 heterocycles. The van der Waals surface area contributed by atoms with Gasteiger partial charge in [0, 0.05) is 23.9 Å². The van der Waals surface area contributed by atoms with Gasteiger partial charge in [-0.15, -0.1) is 11.3 Å². The Kier molecular flexibility index (Phi) is 5.15. The van der Waals surface area contributed by atoms with Crippen molar-refractivity contribution in [3.8, 4) is 0 Å². The van der Waals surface area contributed by atoms with Gasteiger partial charge in [-0.2, -0.15) is 0 Å². The zero-order chi connectivity index (χ0) is 17.4. The molecular formula is C15H19BrN2O4S. The van der Waals surface area contributed by atoms with Crippen LogP contribution < -0.4 is 5.73 Å². The fourth-order valence-corrected chi connectivity index (χ4v) is 3.83. The van der Waals surface area contributed by atoms with E-state index in [1.807, 2.05) is 0 Å². The van der Waals surface area contributed by atoms with Gasteiger partial charge in [0.1, 0.15) is 11.6 Å². The molecule has 0 saturated carbocycles. The lowest BCUT2D eigenvalue weighted by Gasteiger charge is -2.26. The fraction of sp³-hybridized carbons (Fsp3) is 0.533. The summed E-state index contributed by atoms with van der Waals surface area (Å²) in [6.45, 7) is 5.64. The van der Waals surface area contributed by atoms with Crippen molar-refractivity contribution in [1.29, 1.82) is 0 Å². The summed E-state index contributed by atoms with van der Waals surface area (Å²) >= 11 is 4.84. The zero-order valence-electron chi connectivity index (χ0n) is 13.2. The molecule has 1 aromatic rings. The molecule has 0 spiro atoms. The molecule has 23 heavy (non-hydrogen) atoms. The molecule has 2 N–H and O–H groups in total. The quantitative estimate of drug-likeness (QED) is 0.765. The first kappa shape index (κ1) is 17.9. The number of esters is 1. The number of hydrogen-bond acceptors (Lipinski definition) is 5. The van der Waals surface area contributed by atoms with Crippen molar-refractivity contribution >= 4 is 45.1 Å². The smallest absolute Gasteiger partial charge is 0.306 e. The third kappa shape index (κ3) is 4.11. The average molecular weight is 403 g/mol. The summed E-state index contributed by atoms with van der Waals surface area (Å²) in [5.74, 6) is -1.26. The van der Waals surface area contributed by atoms with Crippen LogP contribution in [0.15, 0.2) is 9.17 Å². The maximum Gasteiger partial charge on any atom is 0.306 e. The van der Waals surface area contributed by atoms with Gasteiger partial charge in [-0.1, -0.05) is 0 Å². The van der Waals surface area contributed by atoms with Crippen molar-refractivity contribution in [3.05, 3.63) is 20.3 Å².